The smallest absolute Gasteiger partial charge is 0.122 e. The lowest BCUT2D eigenvalue weighted by Crippen LogP contribution is -2.12. The summed E-state index contributed by atoms with van der Waals surface area (Å²) in [5.41, 5.74) is 7.15. The molecule has 96 valence electrons. The van der Waals surface area contributed by atoms with Crippen molar-refractivity contribution in [1.29, 1.82) is 0 Å². The van der Waals surface area contributed by atoms with Crippen LogP contribution >= 0.6 is 11.3 Å². The maximum absolute atomic E-state index is 6.13. The molecule has 1 saturated carbocycles. The molecule has 2 heterocycles. The Bertz CT molecular complexity index is 493. The number of rotatable bonds is 2. The second kappa shape index (κ2) is 5.14. The van der Waals surface area contributed by atoms with E-state index < -0.39 is 0 Å². The van der Waals surface area contributed by atoms with Gasteiger partial charge >= 0.3 is 0 Å². The zero-order chi connectivity index (χ0) is 12.4. The third-order valence-electron chi connectivity index (χ3n) is 3.71. The second-order valence-corrected chi connectivity index (χ2v) is 5.97. The van der Waals surface area contributed by atoms with E-state index in [2.05, 4.69) is 22.2 Å². The number of aromatic nitrogens is 2. The van der Waals surface area contributed by atoms with Crippen molar-refractivity contribution in [2.45, 2.75) is 44.6 Å². The summed E-state index contributed by atoms with van der Waals surface area (Å²) >= 11 is 1.72. The van der Waals surface area contributed by atoms with Gasteiger partial charge in [0, 0.05) is 6.07 Å². The van der Waals surface area contributed by atoms with Gasteiger partial charge in [0.1, 0.15) is 11.5 Å². The van der Waals surface area contributed by atoms with Gasteiger partial charge in [0.25, 0.3) is 0 Å². The van der Waals surface area contributed by atoms with Crippen molar-refractivity contribution >= 4 is 17.2 Å². The minimum absolute atomic E-state index is 0.501. The zero-order valence-corrected chi connectivity index (χ0v) is 11.3. The molecule has 0 spiro atoms. The number of nitrogens with two attached hydrogens (primary N) is 1. The van der Waals surface area contributed by atoms with Crippen LogP contribution in [-0.4, -0.2) is 9.78 Å². The topological polar surface area (TPSA) is 43.8 Å². The average molecular weight is 261 g/mol. The van der Waals surface area contributed by atoms with Gasteiger partial charge in [-0.1, -0.05) is 31.7 Å². The molecule has 0 bridgehead atoms. The van der Waals surface area contributed by atoms with Crippen molar-refractivity contribution < 1.29 is 0 Å². The van der Waals surface area contributed by atoms with Crippen LogP contribution in [0.25, 0.3) is 10.6 Å². The molecule has 3 rings (SSSR count). The zero-order valence-electron chi connectivity index (χ0n) is 10.5. The van der Waals surface area contributed by atoms with Crippen LogP contribution in [0.4, 0.5) is 5.82 Å². The van der Waals surface area contributed by atoms with E-state index in [4.69, 9.17) is 10.8 Å². The average Bonchev–Trinajstić information content (AvgIpc) is 2.93. The highest BCUT2D eigenvalue weighted by Gasteiger charge is 2.18. The minimum Gasteiger partial charge on any atom is -0.384 e. The number of hydrogen-bond acceptors (Lipinski definition) is 3. The largest absolute Gasteiger partial charge is 0.384 e. The van der Waals surface area contributed by atoms with Crippen LogP contribution in [0.5, 0.6) is 0 Å². The fraction of sp³-hybridized carbons (Fsp3) is 0.500. The molecule has 1 fully saturated rings. The first kappa shape index (κ1) is 11.8. The maximum Gasteiger partial charge on any atom is 0.122 e. The lowest BCUT2D eigenvalue weighted by atomic mass is 10.1. The number of thiophene rings is 1. The van der Waals surface area contributed by atoms with Crippen molar-refractivity contribution in [3.8, 4) is 10.6 Å². The molecule has 1 aliphatic rings. The SMILES string of the molecule is Nc1cc(-c2cccs2)nn1C1CCCCCC1. The van der Waals surface area contributed by atoms with E-state index in [0.29, 0.717) is 6.04 Å². The van der Waals surface area contributed by atoms with E-state index in [-0.39, 0.29) is 0 Å². The van der Waals surface area contributed by atoms with Crippen LogP contribution < -0.4 is 5.73 Å². The molecule has 2 aromatic rings. The molecule has 2 N–H and O–H groups in total. The molecule has 2 aromatic heterocycles. The van der Waals surface area contributed by atoms with Gasteiger partial charge in [0.05, 0.1) is 10.9 Å². The third-order valence-corrected chi connectivity index (χ3v) is 4.60. The minimum atomic E-state index is 0.501. The lowest BCUT2D eigenvalue weighted by molar-refractivity contribution is 0.412. The Morgan fingerprint density at radius 1 is 1.22 bits per heavy atom. The van der Waals surface area contributed by atoms with Crippen LogP contribution in [0.1, 0.15) is 44.6 Å². The summed E-state index contributed by atoms with van der Waals surface area (Å²) in [6.45, 7) is 0. The van der Waals surface area contributed by atoms with Crippen molar-refractivity contribution in [2.24, 2.45) is 0 Å². The monoisotopic (exact) mass is 261 g/mol. The molecular weight excluding hydrogens is 242 g/mol. The normalized spacial score (nSPS) is 17.8. The Morgan fingerprint density at radius 3 is 2.67 bits per heavy atom. The summed E-state index contributed by atoms with van der Waals surface area (Å²) < 4.78 is 2.06. The molecule has 0 radical (unpaired) electrons. The molecule has 0 aromatic carbocycles. The number of nitrogen functional groups attached to an aromatic ring is 1. The fourth-order valence-electron chi connectivity index (χ4n) is 2.75. The first-order valence-electron chi connectivity index (χ1n) is 6.73. The van der Waals surface area contributed by atoms with Gasteiger partial charge in [-0.3, -0.25) is 0 Å². The predicted octanol–water partition coefficient (Wildman–Crippen LogP) is 4.09. The Labute approximate surface area is 112 Å². The summed E-state index contributed by atoms with van der Waals surface area (Å²) in [5, 5.41) is 6.80. The summed E-state index contributed by atoms with van der Waals surface area (Å²) in [7, 11) is 0. The summed E-state index contributed by atoms with van der Waals surface area (Å²) in [6, 6.07) is 6.67. The Kier molecular flexibility index (Phi) is 3.37. The van der Waals surface area contributed by atoms with Gasteiger partial charge in [-0.05, 0) is 24.3 Å². The highest BCUT2D eigenvalue weighted by atomic mass is 32.1. The molecule has 0 aliphatic heterocycles. The van der Waals surface area contributed by atoms with Gasteiger partial charge in [-0.15, -0.1) is 11.3 Å². The standard InChI is InChI=1S/C14H19N3S/c15-14-10-12(13-8-5-9-18-13)16-17(14)11-6-3-1-2-4-7-11/h5,8-11H,1-4,6-7,15H2. The number of anilines is 1. The first-order valence-corrected chi connectivity index (χ1v) is 7.61. The molecule has 0 amide bonds. The quantitative estimate of drug-likeness (QED) is 0.827. The van der Waals surface area contributed by atoms with Gasteiger partial charge in [0.2, 0.25) is 0 Å². The van der Waals surface area contributed by atoms with E-state index in [1.165, 1.54) is 43.4 Å². The van der Waals surface area contributed by atoms with Gasteiger partial charge in [-0.2, -0.15) is 5.10 Å². The number of hydrogen-bond donors (Lipinski definition) is 1. The summed E-state index contributed by atoms with van der Waals surface area (Å²) in [4.78, 5) is 1.20. The van der Waals surface area contributed by atoms with E-state index in [1.807, 2.05) is 6.07 Å². The van der Waals surface area contributed by atoms with Crippen LogP contribution in [0.3, 0.4) is 0 Å². The molecule has 18 heavy (non-hydrogen) atoms. The molecular formula is C14H19N3S. The van der Waals surface area contributed by atoms with E-state index in [1.54, 1.807) is 11.3 Å². The van der Waals surface area contributed by atoms with Crippen LogP contribution in [-0.2, 0) is 0 Å². The van der Waals surface area contributed by atoms with Crippen LogP contribution in [0.2, 0.25) is 0 Å². The molecule has 3 nitrogen and oxygen atoms in total. The first-order chi connectivity index (χ1) is 8.84. The molecule has 1 aliphatic carbocycles. The maximum atomic E-state index is 6.13. The van der Waals surface area contributed by atoms with Gasteiger partial charge in [-0.25, -0.2) is 4.68 Å². The van der Waals surface area contributed by atoms with Gasteiger partial charge in [0.15, 0.2) is 0 Å². The molecule has 0 unspecified atom stereocenters. The van der Waals surface area contributed by atoms with Crippen molar-refractivity contribution in [3.05, 3.63) is 23.6 Å². The summed E-state index contributed by atoms with van der Waals surface area (Å²) in [6.07, 6.45) is 7.76. The molecule has 4 heteroatoms. The van der Waals surface area contributed by atoms with Gasteiger partial charge < -0.3 is 5.73 Å². The Morgan fingerprint density at radius 2 is 2.00 bits per heavy atom. The molecule has 0 atom stereocenters. The van der Waals surface area contributed by atoms with Crippen molar-refractivity contribution in [2.75, 3.05) is 5.73 Å². The Hall–Kier alpha value is -1.29. The Balaban J connectivity index is 1.88. The number of nitrogens with zero attached hydrogens (tertiary/aromatic N) is 2. The third kappa shape index (κ3) is 2.29. The van der Waals surface area contributed by atoms with Crippen molar-refractivity contribution in [1.82, 2.24) is 9.78 Å². The second-order valence-electron chi connectivity index (χ2n) is 5.02. The van der Waals surface area contributed by atoms with Crippen LogP contribution in [0.15, 0.2) is 23.6 Å². The van der Waals surface area contributed by atoms with E-state index >= 15 is 0 Å². The molecule has 0 saturated heterocycles. The lowest BCUT2D eigenvalue weighted by Gasteiger charge is -2.16. The summed E-state index contributed by atoms with van der Waals surface area (Å²) in [5.74, 6) is 0.810. The van der Waals surface area contributed by atoms with E-state index in [0.717, 1.165) is 11.5 Å². The van der Waals surface area contributed by atoms with Crippen molar-refractivity contribution in [3.63, 3.8) is 0 Å². The predicted molar refractivity (Wildman–Crippen MR) is 76.7 cm³/mol. The fourth-order valence-corrected chi connectivity index (χ4v) is 3.43. The highest BCUT2D eigenvalue weighted by Crippen LogP contribution is 2.31. The van der Waals surface area contributed by atoms with E-state index in [9.17, 15) is 0 Å². The highest BCUT2D eigenvalue weighted by molar-refractivity contribution is 7.13. The van der Waals surface area contributed by atoms with Crippen LogP contribution in [0, 0.1) is 0 Å².